The van der Waals surface area contributed by atoms with Crippen molar-refractivity contribution in [1.82, 2.24) is 0 Å². The fraction of sp³-hybridized carbons (Fsp3) is 0.857. The molecule has 0 heterocycles. The summed E-state index contributed by atoms with van der Waals surface area (Å²) in [5.41, 5.74) is -0.331. The number of rotatable bonds is 2. The van der Waals surface area contributed by atoms with Gasteiger partial charge < -0.3 is 0 Å². The number of carbonyl (C=O) groups excluding carboxylic acids is 1. The molecule has 0 saturated carbocycles. The number of halogens is 1. The van der Waals surface area contributed by atoms with Crippen molar-refractivity contribution in [2.24, 2.45) is 0 Å². The molecule has 0 fully saturated rings. The van der Waals surface area contributed by atoms with Gasteiger partial charge in [-0.25, -0.2) is 0 Å². The predicted molar refractivity (Wildman–Crippen MR) is 51.8 cm³/mol. The van der Waals surface area contributed by atoms with E-state index >= 15 is 0 Å². The van der Waals surface area contributed by atoms with E-state index in [-0.39, 0.29) is 10.4 Å². The fourth-order valence-corrected chi connectivity index (χ4v) is 2.89. The first kappa shape index (κ1) is 11.5. The van der Waals surface area contributed by atoms with Crippen molar-refractivity contribution in [2.75, 3.05) is 0 Å². The average Bonchev–Trinajstić information content (AvgIpc) is 1.53. The van der Waals surface area contributed by atoms with Crippen molar-refractivity contribution in [1.29, 1.82) is 0 Å². The zero-order chi connectivity index (χ0) is 9.07. The van der Waals surface area contributed by atoms with Gasteiger partial charge in [0.15, 0.2) is 0 Å². The Labute approximate surface area is 82.9 Å². The normalized spacial score (nSPS) is 15.4. The van der Waals surface area contributed by atoms with Crippen molar-refractivity contribution in [3.05, 3.63) is 0 Å². The van der Waals surface area contributed by atoms with Gasteiger partial charge in [0.2, 0.25) is 0 Å². The third-order valence-electron chi connectivity index (χ3n) is 0.716. The van der Waals surface area contributed by atoms with E-state index in [1.54, 1.807) is 0 Å². The second kappa shape index (κ2) is 4.51. The van der Waals surface area contributed by atoms with E-state index in [1.807, 2.05) is 27.7 Å². The first-order valence-electron chi connectivity index (χ1n) is 3.45. The minimum atomic E-state index is -0.636. The number of ether oxygens (including phenoxy) is 1. The maximum absolute atomic E-state index is 11.1. The Bertz CT molecular complexity index is 140. The van der Waals surface area contributed by atoms with Crippen LogP contribution in [0.5, 0.6) is 0 Å². The molecule has 0 aliphatic heterocycles. The molecular weight excluding hydrogens is 271 g/mol. The van der Waals surface area contributed by atoms with Crippen LogP contribution in [0.2, 0.25) is 0 Å². The van der Waals surface area contributed by atoms with Gasteiger partial charge in [-0.05, 0) is 0 Å². The van der Waals surface area contributed by atoms with Gasteiger partial charge in [-0.3, -0.25) is 0 Å². The van der Waals surface area contributed by atoms with Crippen LogP contribution in [0.1, 0.15) is 27.7 Å². The number of hydrogen-bond acceptors (Lipinski definition) is 2. The number of alkyl halides is 1. The van der Waals surface area contributed by atoms with Crippen molar-refractivity contribution in [2.45, 2.75) is 36.9 Å². The van der Waals surface area contributed by atoms with Crippen LogP contribution in [0.15, 0.2) is 0 Å². The van der Waals surface area contributed by atoms with Gasteiger partial charge in [0.05, 0.1) is 0 Å². The topological polar surface area (TPSA) is 26.3 Å². The summed E-state index contributed by atoms with van der Waals surface area (Å²) < 4.78 is 5.43. The average molecular weight is 285 g/mol. The summed E-state index contributed by atoms with van der Waals surface area (Å²) in [6.07, 6.45) is 0. The number of hydrogen-bond donors (Lipinski definition) is 0. The minimum absolute atomic E-state index is 0.0260. The quantitative estimate of drug-likeness (QED) is 0.573. The Morgan fingerprint density at radius 3 is 2.27 bits per heavy atom. The summed E-state index contributed by atoms with van der Waals surface area (Å²) in [6.45, 7) is 7.63. The van der Waals surface area contributed by atoms with Crippen molar-refractivity contribution in [3.63, 3.8) is 0 Å². The SMILES string of the molecule is CC(Br)[AsH]C(=O)OC(C)(C)C. The van der Waals surface area contributed by atoms with E-state index in [9.17, 15) is 4.79 Å². The summed E-state index contributed by atoms with van der Waals surface area (Å²) in [6, 6.07) is 0. The Balaban J connectivity index is 3.71. The standard InChI is InChI=1S/C7H14AsBrO2/c1-5(9)8-6(10)11-7(2,3)4/h5,8H,1-4H3. The second-order valence-corrected chi connectivity index (χ2v) is 9.69. The van der Waals surface area contributed by atoms with E-state index in [0.717, 1.165) is 0 Å². The van der Waals surface area contributed by atoms with Crippen LogP contribution in [0, 0.1) is 0 Å². The zero-order valence-electron chi connectivity index (χ0n) is 7.27. The maximum atomic E-state index is 11.1. The molecule has 0 bridgehead atoms. The summed E-state index contributed by atoms with van der Waals surface area (Å²) in [7, 11) is 0. The van der Waals surface area contributed by atoms with Crippen molar-refractivity contribution >= 4 is 36.4 Å². The molecule has 0 saturated heterocycles. The second-order valence-electron chi connectivity index (χ2n) is 3.26. The molecule has 66 valence electrons. The molecule has 4 heteroatoms. The van der Waals surface area contributed by atoms with Crippen LogP contribution in [0.4, 0.5) is 4.79 Å². The monoisotopic (exact) mass is 284 g/mol. The summed E-state index contributed by atoms with van der Waals surface area (Å²) in [4.78, 5) is 11.1. The Morgan fingerprint density at radius 2 is 2.00 bits per heavy atom. The Kier molecular flexibility index (Phi) is 4.72. The molecular formula is C7H14AsBrO2. The molecule has 0 radical (unpaired) electrons. The van der Waals surface area contributed by atoms with Gasteiger partial charge in [-0.2, -0.15) is 0 Å². The van der Waals surface area contributed by atoms with E-state index < -0.39 is 15.8 Å². The summed E-state index contributed by atoms with van der Waals surface area (Å²) >= 11 is 2.70. The number of carbonyl (C=O) groups is 1. The first-order valence-corrected chi connectivity index (χ1v) is 6.62. The van der Waals surface area contributed by atoms with Gasteiger partial charge in [0.1, 0.15) is 0 Å². The van der Waals surface area contributed by atoms with Gasteiger partial charge in [0.25, 0.3) is 0 Å². The third-order valence-corrected chi connectivity index (χ3v) is 3.45. The molecule has 0 aromatic carbocycles. The van der Waals surface area contributed by atoms with Gasteiger partial charge >= 0.3 is 82.9 Å². The van der Waals surface area contributed by atoms with E-state index in [4.69, 9.17) is 4.74 Å². The molecule has 0 N–H and O–H groups in total. The van der Waals surface area contributed by atoms with E-state index in [0.29, 0.717) is 3.61 Å². The summed E-state index contributed by atoms with van der Waals surface area (Å²) in [5.74, 6) is 0. The summed E-state index contributed by atoms with van der Waals surface area (Å²) in [5, 5.41) is 0. The Morgan fingerprint density at radius 1 is 1.55 bits per heavy atom. The van der Waals surface area contributed by atoms with Gasteiger partial charge in [0, 0.05) is 0 Å². The zero-order valence-corrected chi connectivity index (χ0v) is 11.0. The molecule has 0 amide bonds. The molecule has 0 rings (SSSR count). The molecule has 0 aliphatic rings. The van der Waals surface area contributed by atoms with E-state index in [2.05, 4.69) is 15.9 Å². The van der Waals surface area contributed by atoms with Crippen LogP contribution in [0.3, 0.4) is 0 Å². The van der Waals surface area contributed by atoms with Crippen LogP contribution >= 0.6 is 15.9 Å². The molecule has 2 unspecified atom stereocenters. The molecule has 0 spiro atoms. The van der Waals surface area contributed by atoms with Gasteiger partial charge in [-0.1, -0.05) is 0 Å². The molecule has 2 nitrogen and oxygen atoms in total. The fourth-order valence-electron chi connectivity index (χ4n) is 0.470. The Hall–Kier alpha value is 0.508. The van der Waals surface area contributed by atoms with Crippen LogP contribution < -0.4 is 0 Å². The molecule has 0 aliphatic carbocycles. The van der Waals surface area contributed by atoms with Crippen molar-refractivity contribution < 1.29 is 9.53 Å². The van der Waals surface area contributed by atoms with Crippen LogP contribution in [0.25, 0.3) is 0 Å². The van der Waals surface area contributed by atoms with Crippen molar-refractivity contribution in [3.8, 4) is 0 Å². The third kappa shape index (κ3) is 8.41. The van der Waals surface area contributed by atoms with E-state index in [1.165, 1.54) is 0 Å². The molecule has 2 atom stereocenters. The first-order chi connectivity index (χ1) is 4.81. The molecule has 0 aromatic rings. The molecule has 0 aromatic heterocycles. The van der Waals surface area contributed by atoms with Crippen LogP contribution in [-0.4, -0.2) is 29.7 Å². The predicted octanol–water partition coefficient (Wildman–Crippen LogP) is 2.10. The molecule has 11 heavy (non-hydrogen) atoms. The van der Waals surface area contributed by atoms with Gasteiger partial charge in [-0.15, -0.1) is 0 Å². The van der Waals surface area contributed by atoms with Crippen LogP contribution in [-0.2, 0) is 4.74 Å².